The van der Waals surface area contributed by atoms with Gasteiger partial charge in [-0.2, -0.15) is 0 Å². The third-order valence-corrected chi connectivity index (χ3v) is 2.95. The molecular weight excluding hydrogens is 172 g/mol. The Bertz CT molecular complexity index is 195. The predicted molar refractivity (Wildman–Crippen MR) is 60.9 cm³/mol. The molecule has 2 unspecified atom stereocenters. The van der Waals surface area contributed by atoms with Crippen LogP contribution < -0.4 is 5.73 Å². The lowest BCUT2D eigenvalue weighted by atomic mass is 10.1. The number of rotatable bonds is 5. The van der Waals surface area contributed by atoms with Crippen molar-refractivity contribution in [2.24, 2.45) is 11.7 Å². The molecule has 0 radical (unpaired) electrons. The van der Waals surface area contributed by atoms with Gasteiger partial charge in [0.15, 0.2) is 0 Å². The zero-order chi connectivity index (χ0) is 10.4. The van der Waals surface area contributed by atoms with Crippen molar-refractivity contribution in [3.8, 4) is 12.3 Å². The maximum atomic E-state index is 5.89. The lowest BCUT2D eigenvalue weighted by Crippen LogP contribution is -2.30. The Hall–Kier alpha value is -0.520. The van der Waals surface area contributed by atoms with E-state index in [1.807, 2.05) is 0 Å². The normalized spacial score (nSPS) is 26.7. The van der Waals surface area contributed by atoms with E-state index in [9.17, 15) is 0 Å². The summed E-state index contributed by atoms with van der Waals surface area (Å²) < 4.78 is 0. The Morgan fingerprint density at radius 2 is 2.29 bits per heavy atom. The van der Waals surface area contributed by atoms with E-state index in [2.05, 4.69) is 17.7 Å². The Kier molecular flexibility index (Phi) is 5.00. The van der Waals surface area contributed by atoms with Crippen LogP contribution in [0.1, 0.15) is 32.6 Å². The Balaban J connectivity index is 2.28. The van der Waals surface area contributed by atoms with E-state index >= 15 is 0 Å². The van der Waals surface area contributed by atoms with Crippen LogP contribution in [0.3, 0.4) is 0 Å². The third kappa shape index (κ3) is 3.69. The molecule has 0 saturated heterocycles. The first-order chi connectivity index (χ1) is 6.76. The number of nitrogens with zero attached hydrogens (tertiary/aromatic N) is 1. The molecular formula is C12H22N2. The molecule has 1 aliphatic carbocycles. The molecule has 0 aromatic rings. The first kappa shape index (κ1) is 11.6. The fraction of sp³-hybridized carbons (Fsp3) is 0.833. The van der Waals surface area contributed by atoms with Crippen molar-refractivity contribution in [3.05, 3.63) is 0 Å². The van der Waals surface area contributed by atoms with E-state index in [1.54, 1.807) is 0 Å². The molecule has 1 aliphatic rings. The van der Waals surface area contributed by atoms with Crippen molar-refractivity contribution < 1.29 is 0 Å². The van der Waals surface area contributed by atoms with Crippen LogP contribution in [0.5, 0.6) is 0 Å². The van der Waals surface area contributed by atoms with Crippen LogP contribution in [0.4, 0.5) is 0 Å². The van der Waals surface area contributed by atoms with Crippen LogP contribution in [0.25, 0.3) is 0 Å². The van der Waals surface area contributed by atoms with Gasteiger partial charge in [-0.3, -0.25) is 4.90 Å². The summed E-state index contributed by atoms with van der Waals surface area (Å²) in [5, 5.41) is 0. The number of hydrogen-bond acceptors (Lipinski definition) is 2. The van der Waals surface area contributed by atoms with Gasteiger partial charge in [-0.25, -0.2) is 0 Å². The van der Waals surface area contributed by atoms with Gasteiger partial charge in [0, 0.05) is 12.6 Å². The lowest BCUT2D eigenvalue weighted by Gasteiger charge is -2.22. The minimum absolute atomic E-state index is 0.439. The molecule has 2 nitrogen and oxygen atoms in total. The van der Waals surface area contributed by atoms with E-state index < -0.39 is 0 Å². The lowest BCUT2D eigenvalue weighted by molar-refractivity contribution is 0.256. The van der Waals surface area contributed by atoms with E-state index in [0.29, 0.717) is 6.04 Å². The van der Waals surface area contributed by atoms with Crippen molar-refractivity contribution in [1.29, 1.82) is 0 Å². The van der Waals surface area contributed by atoms with Gasteiger partial charge in [0.2, 0.25) is 0 Å². The number of nitrogens with two attached hydrogens (primary N) is 1. The zero-order valence-electron chi connectivity index (χ0n) is 9.21. The average Bonchev–Trinajstić information content (AvgIpc) is 2.52. The van der Waals surface area contributed by atoms with Gasteiger partial charge >= 0.3 is 0 Å². The molecule has 80 valence electrons. The Morgan fingerprint density at radius 3 is 2.79 bits per heavy atom. The summed E-state index contributed by atoms with van der Waals surface area (Å²) in [5.74, 6) is 3.51. The highest BCUT2D eigenvalue weighted by molar-refractivity contribution is 4.89. The van der Waals surface area contributed by atoms with E-state index in [0.717, 1.165) is 25.6 Å². The second-order valence-corrected chi connectivity index (χ2v) is 4.38. The highest BCUT2D eigenvalue weighted by atomic mass is 15.1. The van der Waals surface area contributed by atoms with E-state index in [4.69, 9.17) is 12.2 Å². The molecule has 0 spiro atoms. The molecule has 2 heteroatoms. The third-order valence-electron chi connectivity index (χ3n) is 2.95. The van der Waals surface area contributed by atoms with Crippen LogP contribution in [0, 0.1) is 18.3 Å². The summed E-state index contributed by atoms with van der Waals surface area (Å²) in [6.07, 6.45) is 10.2. The summed E-state index contributed by atoms with van der Waals surface area (Å²) >= 11 is 0. The summed E-state index contributed by atoms with van der Waals surface area (Å²) in [4.78, 5) is 2.38. The molecule has 0 aromatic carbocycles. The van der Waals surface area contributed by atoms with Crippen molar-refractivity contribution in [2.75, 3.05) is 19.6 Å². The van der Waals surface area contributed by atoms with Gasteiger partial charge in [-0.1, -0.05) is 12.8 Å². The largest absolute Gasteiger partial charge is 0.328 e. The van der Waals surface area contributed by atoms with Crippen LogP contribution in [-0.4, -0.2) is 30.6 Å². The molecule has 1 rings (SSSR count). The summed E-state index contributed by atoms with van der Waals surface area (Å²) in [7, 11) is 0. The SMILES string of the molecule is C#CCN(CCC)CC1CCC(N)C1. The predicted octanol–water partition coefficient (Wildman–Crippen LogP) is 1.46. The Morgan fingerprint density at radius 1 is 1.50 bits per heavy atom. The molecule has 2 N–H and O–H groups in total. The summed E-state index contributed by atoms with van der Waals surface area (Å²) in [5.41, 5.74) is 5.89. The fourth-order valence-electron chi connectivity index (χ4n) is 2.32. The van der Waals surface area contributed by atoms with Crippen LogP contribution in [0.15, 0.2) is 0 Å². The van der Waals surface area contributed by atoms with Gasteiger partial charge in [-0.15, -0.1) is 6.42 Å². The van der Waals surface area contributed by atoms with Crippen molar-refractivity contribution in [2.45, 2.75) is 38.6 Å². The second-order valence-electron chi connectivity index (χ2n) is 4.38. The standard InChI is InChI=1S/C12H22N2/c1-3-7-14(8-4-2)10-11-5-6-12(13)9-11/h1,11-12H,4-10,13H2,2H3. The molecule has 0 amide bonds. The van der Waals surface area contributed by atoms with Gasteiger partial charge in [0.05, 0.1) is 6.54 Å². The molecule has 0 bridgehead atoms. The number of hydrogen-bond donors (Lipinski definition) is 1. The molecule has 2 atom stereocenters. The molecule has 1 saturated carbocycles. The highest BCUT2D eigenvalue weighted by Crippen LogP contribution is 2.24. The van der Waals surface area contributed by atoms with Crippen LogP contribution >= 0.6 is 0 Å². The highest BCUT2D eigenvalue weighted by Gasteiger charge is 2.23. The first-order valence-electron chi connectivity index (χ1n) is 5.67. The first-order valence-corrected chi connectivity index (χ1v) is 5.67. The van der Waals surface area contributed by atoms with Crippen molar-refractivity contribution >= 4 is 0 Å². The molecule has 0 heterocycles. The smallest absolute Gasteiger partial charge is 0.0599 e. The Labute approximate surface area is 87.8 Å². The summed E-state index contributed by atoms with van der Waals surface area (Å²) in [6.45, 7) is 5.26. The van der Waals surface area contributed by atoms with Crippen LogP contribution in [0.2, 0.25) is 0 Å². The van der Waals surface area contributed by atoms with Gasteiger partial charge in [0.1, 0.15) is 0 Å². The minimum Gasteiger partial charge on any atom is -0.328 e. The van der Waals surface area contributed by atoms with Gasteiger partial charge in [-0.05, 0) is 38.1 Å². The molecule has 0 aliphatic heterocycles. The topological polar surface area (TPSA) is 29.3 Å². The second kappa shape index (κ2) is 6.06. The maximum Gasteiger partial charge on any atom is 0.0599 e. The fourth-order valence-corrected chi connectivity index (χ4v) is 2.32. The van der Waals surface area contributed by atoms with Gasteiger partial charge < -0.3 is 5.73 Å². The molecule has 1 fully saturated rings. The van der Waals surface area contributed by atoms with Crippen molar-refractivity contribution in [3.63, 3.8) is 0 Å². The maximum absolute atomic E-state index is 5.89. The molecule has 14 heavy (non-hydrogen) atoms. The average molecular weight is 194 g/mol. The number of terminal acetylenes is 1. The van der Waals surface area contributed by atoms with Crippen molar-refractivity contribution in [1.82, 2.24) is 4.90 Å². The van der Waals surface area contributed by atoms with Gasteiger partial charge in [0.25, 0.3) is 0 Å². The van der Waals surface area contributed by atoms with E-state index in [1.165, 1.54) is 25.7 Å². The quantitative estimate of drug-likeness (QED) is 0.671. The zero-order valence-corrected chi connectivity index (χ0v) is 9.21. The monoisotopic (exact) mass is 194 g/mol. The minimum atomic E-state index is 0.439. The molecule has 0 aromatic heterocycles. The summed E-state index contributed by atoms with van der Waals surface area (Å²) in [6, 6.07) is 0.439. The van der Waals surface area contributed by atoms with E-state index in [-0.39, 0.29) is 0 Å². The van der Waals surface area contributed by atoms with Crippen LogP contribution in [-0.2, 0) is 0 Å².